The first kappa shape index (κ1) is 21.4. The standard InChI is InChI=1S/C23H30N8O2/c1-23(2,3)21-19(11-25-29-21)33-12-14-7-15(8-14)17-10-20(28-27-17)26-22-18-9-16(13-32-4)30-31(18)6-5-24-22/h5-6,9-11,14-15H,7-8,12-13H2,1-4H3,(H,25,29)(H2,24,26,27,28). The van der Waals surface area contributed by atoms with Crippen molar-refractivity contribution in [1.82, 2.24) is 35.0 Å². The van der Waals surface area contributed by atoms with Crippen LogP contribution < -0.4 is 10.1 Å². The Bertz CT molecular complexity index is 1230. The molecule has 0 saturated heterocycles. The van der Waals surface area contributed by atoms with Crippen molar-refractivity contribution in [3.05, 3.63) is 47.8 Å². The van der Waals surface area contributed by atoms with Crippen LogP contribution in [0.1, 0.15) is 56.6 Å². The summed E-state index contributed by atoms with van der Waals surface area (Å²) in [4.78, 5) is 4.46. The van der Waals surface area contributed by atoms with Gasteiger partial charge in [-0.3, -0.25) is 10.2 Å². The summed E-state index contributed by atoms with van der Waals surface area (Å²) in [5.41, 5.74) is 3.88. The van der Waals surface area contributed by atoms with Crippen molar-refractivity contribution < 1.29 is 9.47 Å². The summed E-state index contributed by atoms with van der Waals surface area (Å²) in [6.45, 7) is 7.61. The molecule has 0 bridgehead atoms. The quantitative estimate of drug-likeness (QED) is 0.372. The predicted octanol–water partition coefficient (Wildman–Crippen LogP) is 3.94. The zero-order valence-corrected chi connectivity index (χ0v) is 19.4. The molecule has 0 amide bonds. The van der Waals surface area contributed by atoms with Gasteiger partial charge in [0, 0.05) is 42.6 Å². The molecule has 0 radical (unpaired) electrons. The summed E-state index contributed by atoms with van der Waals surface area (Å²) in [7, 11) is 1.66. The highest BCUT2D eigenvalue weighted by atomic mass is 16.5. The first-order chi connectivity index (χ1) is 15.9. The Morgan fingerprint density at radius 3 is 2.85 bits per heavy atom. The van der Waals surface area contributed by atoms with Crippen LogP contribution in [0.2, 0.25) is 0 Å². The second-order valence-electron chi connectivity index (χ2n) is 9.71. The molecule has 10 nitrogen and oxygen atoms in total. The van der Waals surface area contributed by atoms with Gasteiger partial charge in [-0.15, -0.1) is 0 Å². The fourth-order valence-electron chi connectivity index (χ4n) is 4.27. The topological polar surface area (TPSA) is 118 Å². The molecule has 5 rings (SSSR count). The molecule has 10 heteroatoms. The molecule has 4 aromatic rings. The fraction of sp³-hybridized carbons (Fsp3) is 0.478. The molecule has 4 heterocycles. The molecule has 4 aromatic heterocycles. The van der Waals surface area contributed by atoms with E-state index in [0.29, 0.717) is 30.9 Å². The SMILES string of the molecule is COCc1cc2c(Nc3cc(C4CC(COc5cn[nH]c5C(C)(C)C)C4)[nH]n3)nccn2n1. The van der Waals surface area contributed by atoms with E-state index in [1.165, 1.54) is 0 Å². The molecule has 174 valence electrons. The number of methoxy groups -OCH3 is 1. The minimum Gasteiger partial charge on any atom is -0.490 e. The number of aromatic nitrogens is 7. The van der Waals surface area contributed by atoms with Crippen LogP contribution in [0.4, 0.5) is 11.6 Å². The molecular formula is C23H30N8O2. The third kappa shape index (κ3) is 4.43. The van der Waals surface area contributed by atoms with Gasteiger partial charge in [-0.1, -0.05) is 20.8 Å². The van der Waals surface area contributed by atoms with Crippen molar-refractivity contribution in [1.29, 1.82) is 0 Å². The molecule has 1 aliphatic rings. The number of anilines is 2. The van der Waals surface area contributed by atoms with Crippen LogP contribution in [-0.4, -0.2) is 48.7 Å². The van der Waals surface area contributed by atoms with Crippen LogP contribution >= 0.6 is 0 Å². The van der Waals surface area contributed by atoms with Crippen molar-refractivity contribution in [2.45, 2.75) is 51.6 Å². The molecule has 1 saturated carbocycles. The van der Waals surface area contributed by atoms with E-state index in [4.69, 9.17) is 9.47 Å². The van der Waals surface area contributed by atoms with Crippen LogP contribution in [-0.2, 0) is 16.8 Å². The van der Waals surface area contributed by atoms with Crippen molar-refractivity contribution in [2.75, 3.05) is 19.0 Å². The van der Waals surface area contributed by atoms with Crippen LogP contribution in [0.25, 0.3) is 5.52 Å². The number of hydrogen-bond acceptors (Lipinski definition) is 7. The second-order valence-corrected chi connectivity index (χ2v) is 9.71. The van der Waals surface area contributed by atoms with E-state index in [9.17, 15) is 0 Å². The number of fused-ring (bicyclic) bond motifs is 1. The summed E-state index contributed by atoms with van der Waals surface area (Å²) >= 11 is 0. The summed E-state index contributed by atoms with van der Waals surface area (Å²) in [5.74, 6) is 3.29. The fourth-order valence-corrected chi connectivity index (χ4v) is 4.27. The van der Waals surface area contributed by atoms with Gasteiger partial charge >= 0.3 is 0 Å². The Kier molecular flexibility index (Phi) is 5.53. The van der Waals surface area contributed by atoms with E-state index >= 15 is 0 Å². The Hall–Kier alpha value is -3.40. The third-order valence-corrected chi connectivity index (χ3v) is 6.08. The van der Waals surface area contributed by atoms with Crippen LogP contribution in [0.3, 0.4) is 0 Å². The first-order valence-electron chi connectivity index (χ1n) is 11.2. The Morgan fingerprint density at radius 2 is 2.06 bits per heavy atom. The lowest BCUT2D eigenvalue weighted by atomic mass is 9.74. The number of hydrogen-bond donors (Lipinski definition) is 3. The molecule has 0 unspecified atom stereocenters. The van der Waals surface area contributed by atoms with Gasteiger partial charge in [0.2, 0.25) is 0 Å². The lowest BCUT2D eigenvalue weighted by Crippen LogP contribution is -2.28. The van der Waals surface area contributed by atoms with Crippen LogP contribution in [0, 0.1) is 5.92 Å². The molecule has 3 N–H and O–H groups in total. The number of ether oxygens (including phenoxy) is 2. The zero-order chi connectivity index (χ0) is 23.0. The third-order valence-electron chi connectivity index (χ3n) is 6.08. The van der Waals surface area contributed by atoms with Crippen LogP contribution in [0.5, 0.6) is 5.75 Å². The normalized spacial score (nSPS) is 18.4. The van der Waals surface area contributed by atoms with Crippen molar-refractivity contribution >= 4 is 17.2 Å². The van der Waals surface area contributed by atoms with Gasteiger partial charge < -0.3 is 14.8 Å². The summed E-state index contributed by atoms with van der Waals surface area (Å²) < 4.78 is 13.1. The van der Waals surface area contributed by atoms with Gasteiger partial charge in [0.1, 0.15) is 5.52 Å². The predicted molar refractivity (Wildman–Crippen MR) is 124 cm³/mol. The maximum atomic E-state index is 6.08. The lowest BCUT2D eigenvalue weighted by Gasteiger charge is -2.34. The van der Waals surface area contributed by atoms with E-state index in [2.05, 4.69) is 62.6 Å². The van der Waals surface area contributed by atoms with Gasteiger partial charge in [-0.05, 0) is 24.8 Å². The maximum Gasteiger partial charge on any atom is 0.160 e. The molecule has 0 atom stereocenters. The summed E-state index contributed by atoms with van der Waals surface area (Å²) in [6, 6.07) is 4.03. The number of nitrogens with zero attached hydrogens (tertiary/aromatic N) is 5. The second kappa shape index (κ2) is 8.51. The van der Waals surface area contributed by atoms with Crippen molar-refractivity contribution in [2.24, 2.45) is 5.92 Å². The number of rotatable bonds is 8. The van der Waals surface area contributed by atoms with E-state index in [0.717, 1.165) is 47.0 Å². The first-order valence-corrected chi connectivity index (χ1v) is 11.2. The number of nitrogens with one attached hydrogen (secondary N) is 3. The Balaban J connectivity index is 1.17. The largest absolute Gasteiger partial charge is 0.490 e. The maximum absolute atomic E-state index is 6.08. The average molecular weight is 451 g/mol. The average Bonchev–Trinajstić information content (AvgIpc) is 3.46. The lowest BCUT2D eigenvalue weighted by molar-refractivity contribution is 0.154. The minimum absolute atomic E-state index is 0.0191. The van der Waals surface area contributed by atoms with Gasteiger partial charge in [0.15, 0.2) is 17.4 Å². The summed E-state index contributed by atoms with van der Waals surface area (Å²) in [5, 5.41) is 22.6. The van der Waals surface area contributed by atoms with Gasteiger partial charge in [0.25, 0.3) is 0 Å². The van der Waals surface area contributed by atoms with Crippen molar-refractivity contribution in [3.8, 4) is 5.75 Å². The van der Waals surface area contributed by atoms with Gasteiger partial charge in [-0.2, -0.15) is 15.3 Å². The Labute approximate surface area is 192 Å². The Morgan fingerprint density at radius 1 is 1.21 bits per heavy atom. The smallest absolute Gasteiger partial charge is 0.160 e. The van der Waals surface area contributed by atoms with E-state index < -0.39 is 0 Å². The number of H-pyrrole nitrogens is 2. The highest BCUT2D eigenvalue weighted by Crippen LogP contribution is 2.42. The monoisotopic (exact) mass is 450 g/mol. The molecular weight excluding hydrogens is 420 g/mol. The molecule has 33 heavy (non-hydrogen) atoms. The number of aromatic amines is 2. The zero-order valence-electron chi connectivity index (χ0n) is 19.4. The molecule has 0 spiro atoms. The highest BCUT2D eigenvalue weighted by molar-refractivity contribution is 5.72. The van der Waals surface area contributed by atoms with Gasteiger partial charge in [0.05, 0.1) is 30.8 Å². The van der Waals surface area contributed by atoms with Crippen LogP contribution in [0.15, 0.2) is 30.7 Å². The van der Waals surface area contributed by atoms with E-state index in [-0.39, 0.29) is 5.41 Å². The van der Waals surface area contributed by atoms with Crippen molar-refractivity contribution in [3.63, 3.8) is 0 Å². The van der Waals surface area contributed by atoms with E-state index in [1.807, 2.05) is 12.3 Å². The molecule has 0 aliphatic heterocycles. The molecule has 1 aliphatic carbocycles. The molecule has 1 fully saturated rings. The summed E-state index contributed by atoms with van der Waals surface area (Å²) in [6.07, 6.45) is 7.45. The van der Waals surface area contributed by atoms with E-state index in [1.54, 1.807) is 24.0 Å². The minimum atomic E-state index is -0.0191. The molecule has 0 aromatic carbocycles. The highest BCUT2D eigenvalue weighted by Gasteiger charge is 2.33. The van der Waals surface area contributed by atoms with Gasteiger partial charge in [-0.25, -0.2) is 9.50 Å².